The minimum atomic E-state index is -0.145. The zero-order chi connectivity index (χ0) is 13.5. The number of likely N-dealkylation sites (N-methyl/N-ethyl adjacent to an activating group) is 1. The largest absolute Gasteiger partial charge is 0.465 e. The monoisotopic (exact) mass is 280 g/mol. The standard InChI is InChI=1S/C15H31NO2.Na/c1-3-4-5-6-7-8-9-10-11-12-13-18-15(17)14-16-2;/h16H,3-14H2,1-2H3;. The molecule has 0 aliphatic carbocycles. The van der Waals surface area contributed by atoms with Gasteiger partial charge in [0.05, 0.1) is 13.2 Å². The molecule has 0 spiro atoms. The van der Waals surface area contributed by atoms with E-state index in [1.807, 2.05) is 0 Å². The molecule has 0 amide bonds. The quantitative estimate of drug-likeness (QED) is 0.320. The van der Waals surface area contributed by atoms with Gasteiger partial charge in [0.1, 0.15) is 0 Å². The number of hydrogen-bond acceptors (Lipinski definition) is 3. The summed E-state index contributed by atoms with van der Waals surface area (Å²) in [5.41, 5.74) is 0. The average Bonchev–Trinajstić information content (AvgIpc) is 2.36. The molecule has 0 saturated carbocycles. The van der Waals surface area contributed by atoms with E-state index in [1.165, 1.54) is 57.8 Å². The number of carbonyl (C=O) groups is 1. The third-order valence-electron chi connectivity index (χ3n) is 3.08. The Bertz CT molecular complexity index is 189. The molecule has 0 atom stereocenters. The van der Waals surface area contributed by atoms with E-state index < -0.39 is 0 Å². The van der Waals surface area contributed by atoms with Gasteiger partial charge >= 0.3 is 5.97 Å². The van der Waals surface area contributed by atoms with Gasteiger partial charge in [0.15, 0.2) is 0 Å². The Morgan fingerprint density at radius 2 is 1.37 bits per heavy atom. The van der Waals surface area contributed by atoms with Crippen LogP contribution >= 0.6 is 0 Å². The minimum absolute atomic E-state index is 0. The van der Waals surface area contributed by atoms with E-state index in [0.29, 0.717) is 13.2 Å². The number of esters is 1. The van der Waals surface area contributed by atoms with E-state index in [4.69, 9.17) is 4.74 Å². The molecule has 1 radical (unpaired) electrons. The Hall–Kier alpha value is 0.430. The first kappa shape index (κ1) is 21.7. The van der Waals surface area contributed by atoms with E-state index in [0.717, 1.165) is 6.42 Å². The van der Waals surface area contributed by atoms with Crippen molar-refractivity contribution in [2.45, 2.75) is 71.1 Å². The average molecular weight is 280 g/mol. The van der Waals surface area contributed by atoms with Crippen molar-refractivity contribution in [2.75, 3.05) is 20.2 Å². The molecule has 0 aromatic heterocycles. The molecule has 4 heteroatoms. The SMILES string of the molecule is CCCCCCCCCCCCOC(=O)CNC.[Na]. The molecule has 0 aromatic carbocycles. The second-order valence-corrected chi connectivity index (χ2v) is 4.93. The van der Waals surface area contributed by atoms with Gasteiger partial charge < -0.3 is 10.1 Å². The Balaban J connectivity index is 0. The third kappa shape index (κ3) is 18.4. The van der Waals surface area contributed by atoms with Crippen molar-refractivity contribution in [1.29, 1.82) is 0 Å². The van der Waals surface area contributed by atoms with Gasteiger partial charge in [-0.2, -0.15) is 0 Å². The summed E-state index contributed by atoms with van der Waals surface area (Å²) in [5, 5.41) is 2.78. The van der Waals surface area contributed by atoms with Gasteiger partial charge in [-0.05, 0) is 13.5 Å². The van der Waals surface area contributed by atoms with E-state index >= 15 is 0 Å². The summed E-state index contributed by atoms with van der Waals surface area (Å²) in [6, 6.07) is 0. The number of hydrogen-bond donors (Lipinski definition) is 1. The first-order valence-electron chi connectivity index (χ1n) is 7.61. The summed E-state index contributed by atoms with van der Waals surface area (Å²) in [6.45, 7) is 3.15. The van der Waals surface area contributed by atoms with Gasteiger partial charge in [0.2, 0.25) is 0 Å². The predicted molar refractivity (Wildman–Crippen MR) is 82.5 cm³/mol. The van der Waals surface area contributed by atoms with Crippen molar-refractivity contribution in [3.63, 3.8) is 0 Å². The molecule has 0 aromatic rings. The zero-order valence-corrected chi connectivity index (χ0v) is 15.3. The fraction of sp³-hybridized carbons (Fsp3) is 0.933. The fourth-order valence-electron chi connectivity index (χ4n) is 1.97. The zero-order valence-electron chi connectivity index (χ0n) is 13.3. The van der Waals surface area contributed by atoms with Crippen molar-refractivity contribution in [1.82, 2.24) is 5.32 Å². The molecule has 0 bridgehead atoms. The summed E-state index contributed by atoms with van der Waals surface area (Å²) in [4.78, 5) is 11.0. The van der Waals surface area contributed by atoms with Crippen molar-refractivity contribution in [3.8, 4) is 0 Å². The Labute approximate surface area is 141 Å². The van der Waals surface area contributed by atoms with Gasteiger partial charge in [-0.15, -0.1) is 0 Å². The molecule has 19 heavy (non-hydrogen) atoms. The van der Waals surface area contributed by atoms with Crippen LogP contribution in [0.1, 0.15) is 71.1 Å². The van der Waals surface area contributed by atoms with Crippen LogP contribution < -0.4 is 5.32 Å². The molecule has 109 valence electrons. The number of ether oxygens (including phenoxy) is 1. The molecular weight excluding hydrogens is 249 g/mol. The molecule has 0 unspecified atom stereocenters. The summed E-state index contributed by atoms with van der Waals surface area (Å²) >= 11 is 0. The molecule has 1 N–H and O–H groups in total. The number of rotatable bonds is 13. The first-order valence-corrected chi connectivity index (χ1v) is 7.61. The molecule has 0 heterocycles. The normalized spacial score (nSPS) is 10.0. The van der Waals surface area contributed by atoms with Crippen molar-refractivity contribution < 1.29 is 9.53 Å². The van der Waals surface area contributed by atoms with Crippen LogP contribution in [-0.2, 0) is 9.53 Å². The van der Waals surface area contributed by atoms with Crippen LogP contribution in [0.4, 0.5) is 0 Å². The van der Waals surface area contributed by atoms with Crippen LogP contribution in [0.2, 0.25) is 0 Å². The van der Waals surface area contributed by atoms with Crippen molar-refractivity contribution in [2.24, 2.45) is 0 Å². The molecule has 0 aliphatic heterocycles. The minimum Gasteiger partial charge on any atom is -0.465 e. The van der Waals surface area contributed by atoms with Crippen molar-refractivity contribution in [3.05, 3.63) is 0 Å². The summed E-state index contributed by atoms with van der Waals surface area (Å²) in [6.07, 6.45) is 13.1. The van der Waals surface area contributed by atoms with Gasteiger partial charge in [0.25, 0.3) is 0 Å². The van der Waals surface area contributed by atoms with E-state index in [1.54, 1.807) is 7.05 Å². The number of carbonyl (C=O) groups excluding carboxylic acids is 1. The van der Waals surface area contributed by atoms with Gasteiger partial charge in [-0.3, -0.25) is 4.79 Å². The Kier molecular flexibility index (Phi) is 21.1. The van der Waals surface area contributed by atoms with Gasteiger partial charge in [-0.25, -0.2) is 0 Å². The van der Waals surface area contributed by atoms with E-state index in [2.05, 4.69) is 12.2 Å². The van der Waals surface area contributed by atoms with Gasteiger partial charge in [0, 0.05) is 29.6 Å². The second kappa shape index (κ2) is 18.4. The van der Waals surface area contributed by atoms with Crippen LogP contribution in [0.5, 0.6) is 0 Å². The number of nitrogens with one attached hydrogen (secondary N) is 1. The third-order valence-corrected chi connectivity index (χ3v) is 3.08. The number of unbranched alkanes of at least 4 members (excludes halogenated alkanes) is 9. The van der Waals surface area contributed by atoms with E-state index in [-0.39, 0.29) is 35.5 Å². The molecule has 0 aliphatic rings. The molecule has 0 fully saturated rings. The molecular formula is C15H31NNaO2. The Morgan fingerprint density at radius 1 is 0.895 bits per heavy atom. The first-order chi connectivity index (χ1) is 8.81. The maximum atomic E-state index is 11.0. The van der Waals surface area contributed by atoms with Crippen molar-refractivity contribution >= 4 is 35.5 Å². The van der Waals surface area contributed by atoms with Crippen LogP contribution in [0.25, 0.3) is 0 Å². The summed E-state index contributed by atoms with van der Waals surface area (Å²) < 4.78 is 5.05. The maximum Gasteiger partial charge on any atom is 0.319 e. The van der Waals surface area contributed by atoms with Crippen LogP contribution in [0.3, 0.4) is 0 Å². The topological polar surface area (TPSA) is 38.3 Å². The van der Waals surface area contributed by atoms with Gasteiger partial charge in [-0.1, -0.05) is 64.7 Å². The van der Waals surface area contributed by atoms with E-state index in [9.17, 15) is 4.79 Å². The van der Waals surface area contributed by atoms with Crippen LogP contribution in [0, 0.1) is 0 Å². The van der Waals surface area contributed by atoms with Crippen LogP contribution in [-0.4, -0.2) is 55.7 Å². The predicted octanol–water partition coefficient (Wildman–Crippen LogP) is 3.29. The maximum absolute atomic E-state index is 11.0. The summed E-state index contributed by atoms with van der Waals surface area (Å²) in [7, 11) is 1.75. The molecule has 0 saturated heterocycles. The Morgan fingerprint density at radius 3 is 1.84 bits per heavy atom. The fourth-order valence-corrected chi connectivity index (χ4v) is 1.97. The summed E-state index contributed by atoms with van der Waals surface area (Å²) in [5.74, 6) is -0.145. The smallest absolute Gasteiger partial charge is 0.319 e. The second-order valence-electron chi connectivity index (χ2n) is 4.93. The molecule has 0 rings (SSSR count). The van der Waals surface area contributed by atoms with Crippen LogP contribution in [0.15, 0.2) is 0 Å². The molecule has 3 nitrogen and oxygen atoms in total.